The predicted octanol–water partition coefficient (Wildman–Crippen LogP) is 3.83. The Kier molecular flexibility index (Phi) is 7.80. The number of carbonyl (C=O) groups is 1. The highest BCUT2D eigenvalue weighted by molar-refractivity contribution is 7.89. The molecule has 10 heteroatoms. The van der Waals surface area contributed by atoms with E-state index < -0.39 is 21.8 Å². The van der Waals surface area contributed by atoms with E-state index in [4.69, 9.17) is 0 Å². The Morgan fingerprint density at radius 1 is 1.09 bits per heavy atom. The number of amides is 1. The van der Waals surface area contributed by atoms with Crippen molar-refractivity contribution in [3.63, 3.8) is 0 Å². The summed E-state index contributed by atoms with van der Waals surface area (Å²) in [7, 11) is -0.316. The quantitative estimate of drug-likeness (QED) is 0.557. The summed E-state index contributed by atoms with van der Waals surface area (Å²) >= 11 is 0. The Labute approximate surface area is 194 Å². The molecule has 1 saturated carbocycles. The monoisotopic (exact) mass is 489 g/mol. The molecule has 1 aromatic rings. The van der Waals surface area contributed by atoms with E-state index in [-0.39, 0.29) is 28.9 Å². The largest absolute Gasteiger partial charge is 0.416 e. The maximum Gasteiger partial charge on any atom is 0.416 e. The third-order valence-corrected chi connectivity index (χ3v) is 8.38. The number of alkyl halides is 3. The average molecular weight is 490 g/mol. The number of hydrogen-bond acceptors (Lipinski definition) is 4. The van der Waals surface area contributed by atoms with E-state index in [1.807, 2.05) is 19.0 Å². The van der Waals surface area contributed by atoms with E-state index in [9.17, 15) is 26.4 Å². The van der Waals surface area contributed by atoms with Crippen molar-refractivity contribution >= 4 is 15.9 Å². The number of likely N-dealkylation sites (N-methyl/N-ethyl adjacent to an activating group) is 1. The third-order valence-electron chi connectivity index (χ3n) is 6.38. The Morgan fingerprint density at radius 2 is 1.67 bits per heavy atom. The van der Waals surface area contributed by atoms with E-state index >= 15 is 0 Å². The summed E-state index contributed by atoms with van der Waals surface area (Å²) in [6.45, 7) is 5.02. The molecule has 0 unspecified atom stereocenters. The second-order valence-corrected chi connectivity index (χ2v) is 11.6. The average Bonchev–Trinajstić information content (AvgIpc) is 3.56. The summed E-state index contributed by atoms with van der Waals surface area (Å²) in [5, 5.41) is 0. The van der Waals surface area contributed by atoms with E-state index in [1.54, 1.807) is 4.90 Å². The van der Waals surface area contributed by atoms with Crippen LogP contribution in [0.2, 0.25) is 0 Å². The second-order valence-electron chi connectivity index (χ2n) is 9.76. The predicted molar refractivity (Wildman–Crippen MR) is 120 cm³/mol. The molecule has 0 aromatic heterocycles. The van der Waals surface area contributed by atoms with Crippen LogP contribution < -0.4 is 0 Å². The molecule has 1 heterocycles. The zero-order valence-corrected chi connectivity index (χ0v) is 20.5. The number of piperidine rings is 1. The van der Waals surface area contributed by atoms with Crippen LogP contribution in [0.3, 0.4) is 0 Å². The van der Waals surface area contributed by atoms with Crippen molar-refractivity contribution in [3.05, 3.63) is 29.8 Å². The summed E-state index contributed by atoms with van der Waals surface area (Å²) in [5.41, 5.74) is -0.973. The van der Waals surface area contributed by atoms with Crippen LogP contribution in [0.5, 0.6) is 0 Å². The topological polar surface area (TPSA) is 60.9 Å². The van der Waals surface area contributed by atoms with Gasteiger partial charge < -0.3 is 4.90 Å². The SMILES string of the molecule is CC(C)C[C@@H](C(=O)N1CCC(N(C2CC2)S(=O)(=O)c2cccc(C(F)(F)F)c2)CC1)N(C)C. The van der Waals surface area contributed by atoms with Crippen molar-refractivity contribution in [2.45, 2.75) is 75.1 Å². The van der Waals surface area contributed by atoms with Gasteiger partial charge in [0.15, 0.2) is 0 Å². The molecule has 2 aliphatic rings. The van der Waals surface area contributed by atoms with Crippen LogP contribution in [0.15, 0.2) is 29.2 Å². The first-order chi connectivity index (χ1) is 15.3. The van der Waals surface area contributed by atoms with Gasteiger partial charge in [-0.2, -0.15) is 17.5 Å². The van der Waals surface area contributed by atoms with Gasteiger partial charge in [-0.25, -0.2) is 8.42 Å². The lowest BCUT2D eigenvalue weighted by Crippen LogP contribution is -2.53. The maximum atomic E-state index is 13.4. The molecule has 33 heavy (non-hydrogen) atoms. The number of benzene rings is 1. The van der Waals surface area contributed by atoms with Crippen molar-refractivity contribution in [1.82, 2.24) is 14.1 Å². The van der Waals surface area contributed by atoms with Gasteiger partial charge >= 0.3 is 6.18 Å². The molecule has 1 aliphatic carbocycles. The highest BCUT2D eigenvalue weighted by Gasteiger charge is 2.44. The van der Waals surface area contributed by atoms with Crippen molar-refractivity contribution in [2.24, 2.45) is 5.92 Å². The Hall–Kier alpha value is -1.65. The standard InChI is InChI=1S/C23H34F3N3O3S/c1-16(2)14-21(27(3)4)22(30)28-12-10-19(11-13-28)29(18-8-9-18)33(31,32)20-7-5-6-17(15-20)23(24,25)26/h5-7,15-16,18-19,21H,8-14H2,1-4H3/t21-/m0/s1. The minimum absolute atomic E-state index is 0.0471. The first kappa shape index (κ1) is 26.0. The minimum Gasteiger partial charge on any atom is -0.341 e. The van der Waals surface area contributed by atoms with E-state index in [1.165, 1.54) is 10.4 Å². The highest BCUT2D eigenvalue weighted by Crippen LogP contribution is 2.38. The van der Waals surface area contributed by atoms with Gasteiger partial charge in [0.2, 0.25) is 15.9 Å². The Bertz CT molecular complexity index is 938. The zero-order chi connectivity index (χ0) is 24.6. The van der Waals surface area contributed by atoms with Crippen LogP contribution in [0.4, 0.5) is 13.2 Å². The van der Waals surface area contributed by atoms with Gasteiger partial charge in [0, 0.05) is 25.2 Å². The fourth-order valence-corrected chi connectivity index (χ4v) is 6.48. The van der Waals surface area contributed by atoms with Gasteiger partial charge in [-0.3, -0.25) is 9.69 Å². The molecule has 0 N–H and O–H groups in total. The fourth-order valence-electron chi connectivity index (χ4n) is 4.50. The number of nitrogens with zero attached hydrogens (tertiary/aromatic N) is 3. The number of sulfonamides is 1. The Morgan fingerprint density at radius 3 is 2.15 bits per heavy atom. The molecule has 6 nitrogen and oxygen atoms in total. The molecule has 1 saturated heterocycles. The van der Waals surface area contributed by atoms with Gasteiger partial charge in [0.1, 0.15) is 0 Å². The summed E-state index contributed by atoms with van der Waals surface area (Å²) in [4.78, 5) is 16.5. The second kappa shape index (κ2) is 9.92. The molecule has 0 bridgehead atoms. The molecule has 1 aliphatic heterocycles. The van der Waals surface area contributed by atoms with Crippen LogP contribution in [0, 0.1) is 5.92 Å². The Balaban J connectivity index is 1.76. The van der Waals surface area contributed by atoms with Crippen molar-refractivity contribution < 1.29 is 26.4 Å². The zero-order valence-electron chi connectivity index (χ0n) is 19.7. The van der Waals surface area contributed by atoms with Crippen molar-refractivity contribution in [3.8, 4) is 0 Å². The lowest BCUT2D eigenvalue weighted by molar-refractivity contribution is -0.138. The van der Waals surface area contributed by atoms with E-state index in [0.717, 1.165) is 24.6 Å². The van der Waals surface area contributed by atoms with Gasteiger partial charge in [0.25, 0.3) is 0 Å². The summed E-state index contributed by atoms with van der Waals surface area (Å²) in [5.74, 6) is 0.410. The third kappa shape index (κ3) is 6.08. The summed E-state index contributed by atoms with van der Waals surface area (Å²) in [6.07, 6.45) is -1.52. The minimum atomic E-state index is -4.61. The maximum absolute atomic E-state index is 13.4. The molecule has 186 valence electrons. The summed E-state index contributed by atoms with van der Waals surface area (Å²) in [6, 6.07) is 3.22. The van der Waals surface area contributed by atoms with Gasteiger partial charge in [0.05, 0.1) is 16.5 Å². The van der Waals surface area contributed by atoms with Gasteiger partial charge in [-0.1, -0.05) is 19.9 Å². The molecule has 2 fully saturated rings. The lowest BCUT2D eigenvalue weighted by Gasteiger charge is -2.40. The van der Waals surface area contributed by atoms with E-state index in [2.05, 4.69) is 13.8 Å². The van der Waals surface area contributed by atoms with Gasteiger partial charge in [-0.05, 0) is 70.3 Å². The number of rotatable bonds is 8. The summed E-state index contributed by atoms with van der Waals surface area (Å²) < 4.78 is 67.7. The fraction of sp³-hybridized carbons (Fsp3) is 0.696. The number of likely N-dealkylation sites (tertiary alicyclic amines) is 1. The first-order valence-electron chi connectivity index (χ1n) is 11.5. The lowest BCUT2D eigenvalue weighted by atomic mass is 9.99. The highest BCUT2D eigenvalue weighted by atomic mass is 32.2. The molecule has 3 rings (SSSR count). The molecular formula is C23H34F3N3O3S. The first-order valence-corrected chi connectivity index (χ1v) is 12.9. The molecule has 1 aromatic carbocycles. The molecule has 1 amide bonds. The smallest absolute Gasteiger partial charge is 0.341 e. The molecule has 1 atom stereocenters. The van der Waals surface area contributed by atoms with E-state index in [0.29, 0.717) is 44.7 Å². The van der Waals surface area contributed by atoms with Crippen LogP contribution in [-0.2, 0) is 21.0 Å². The molecular weight excluding hydrogens is 455 g/mol. The molecule has 0 radical (unpaired) electrons. The number of halogens is 3. The van der Waals surface area contributed by atoms with Crippen LogP contribution in [0.25, 0.3) is 0 Å². The number of carbonyl (C=O) groups excluding carboxylic acids is 1. The molecule has 0 spiro atoms. The normalized spacial score (nSPS) is 19.5. The van der Waals surface area contributed by atoms with Crippen LogP contribution in [0.1, 0.15) is 51.5 Å². The number of hydrogen-bond donors (Lipinski definition) is 0. The van der Waals surface area contributed by atoms with Crippen molar-refractivity contribution in [2.75, 3.05) is 27.2 Å². The van der Waals surface area contributed by atoms with Gasteiger partial charge in [-0.15, -0.1) is 0 Å². The van der Waals surface area contributed by atoms with Crippen molar-refractivity contribution in [1.29, 1.82) is 0 Å². The van der Waals surface area contributed by atoms with Crippen LogP contribution in [-0.4, -0.2) is 73.7 Å². The van der Waals surface area contributed by atoms with Crippen LogP contribution >= 0.6 is 0 Å².